The summed E-state index contributed by atoms with van der Waals surface area (Å²) in [5.41, 5.74) is 0.465. The van der Waals surface area contributed by atoms with Gasteiger partial charge >= 0.3 is 0 Å². The molecule has 132 valence electrons. The fourth-order valence-electron chi connectivity index (χ4n) is 3.27. The Morgan fingerprint density at radius 1 is 0.880 bits per heavy atom. The Labute approximate surface area is 150 Å². The molecule has 3 heterocycles. The van der Waals surface area contributed by atoms with Crippen molar-refractivity contribution in [3.63, 3.8) is 0 Å². The third-order valence-electron chi connectivity index (χ3n) is 5.18. The standard InChI is InChI=1S/C17H21FN6S/c1-10-13(18)16(20-14(19-10)11-2-3-11)23-6-8-24(9-7-23)17-21-15(22-25-17)12-4-5-12/h11-12H,2-9H2,1H3. The lowest BCUT2D eigenvalue weighted by atomic mass is 10.3. The van der Waals surface area contributed by atoms with Crippen LogP contribution in [0.4, 0.5) is 15.3 Å². The fourth-order valence-corrected chi connectivity index (χ4v) is 4.07. The SMILES string of the molecule is Cc1nc(C2CC2)nc(N2CCN(c3nc(C4CC4)ns3)CC2)c1F. The molecule has 2 aromatic rings. The largest absolute Gasteiger partial charge is 0.351 e. The topological polar surface area (TPSA) is 58.0 Å². The van der Waals surface area contributed by atoms with Crippen molar-refractivity contribution >= 4 is 22.5 Å². The molecule has 5 rings (SSSR count). The predicted molar refractivity (Wildman–Crippen MR) is 95.0 cm³/mol. The van der Waals surface area contributed by atoms with Crippen molar-refractivity contribution in [2.24, 2.45) is 0 Å². The summed E-state index contributed by atoms with van der Waals surface area (Å²) in [7, 11) is 0. The van der Waals surface area contributed by atoms with Crippen LogP contribution in [-0.2, 0) is 0 Å². The van der Waals surface area contributed by atoms with Crippen LogP contribution in [0.15, 0.2) is 0 Å². The van der Waals surface area contributed by atoms with Gasteiger partial charge in [0.1, 0.15) is 11.6 Å². The number of rotatable bonds is 4. The molecule has 0 radical (unpaired) electrons. The number of anilines is 2. The Balaban J connectivity index is 1.31. The van der Waals surface area contributed by atoms with Crippen LogP contribution in [0, 0.1) is 12.7 Å². The van der Waals surface area contributed by atoms with E-state index in [4.69, 9.17) is 0 Å². The molecule has 1 saturated heterocycles. The van der Waals surface area contributed by atoms with Crippen LogP contribution >= 0.6 is 11.5 Å². The summed E-state index contributed by atoms with van der Waals surface area (Å²) in [6.07, 6.45) is 4.69. The maximum absolute atomic E-state index is 14.6. The molecule has 6 nitrogen and oxygen atoms in total. The zero-order chi connectivity index (χ0) is 17.0. The van der Waals surface area contributed by atoms with E-state index in [-0.39, 0.29) is 5.82 Å². The van der Waals surface area contributed by atoms with Gasteiger partial charge in [0, 0.05) is 49.5 Å². The van der Waals surface area contributed by atoms with E-state index in [0.717, 1.165) is 55.8 Å². The second-order valence-corrected chi connectivity index (χ2v) is 7.99. The van der Waals surface area contributed by atoms with Gasteiger partial charge < -0.3 is 9.80 Å². The fraction of sp³-hybridized carbons (Fsp3) is 0.647. The van der Waals surface area contributed by atoms with E-state index < -0.39 is 0 Å². The van der Waals surface area contributed by atoms with E-state index in [2.05, 4.69) is 29.1 Å². The zero-order valence-corrected chi connectivity index (χ0v) is 15.1. The first kappa shape index (κ1) is 15.4. The first-order chi connectivity index (χ1) is 12.2. The molecule has 8 heteroatoms. The normalized spacial score (nSPS) is 21.0. The third-order valence-corrected chi connectivity index (χ3v) is 5.97. The van der Waals surface area contributed by atoms with Gasteiger partial charge in [-0.3, -0.25) is 0 Å². The van der Waals surface area contributed by atoms with Gasteiger partial charge in [0.05, 0.1) is 5.69 Å². The zero-order valence-electron chi connectivity index (χ0n) is 14.3. The van der Waals surface area contributed by atoms with Crippen molar-refractivity contribution in [3.05, 3.63) is 23.2 Å². The number of halogens is 1. The number of hydrogen-bond acceptors (Lipinski definition) is 7. The molecular weight excluding hydrogens is 339 g/mol. The molecular formula is C17H21FN6S. The van der Waals surface area contributed by atoms with Crippen LogP contribution in [0.3, 0.4) is 0 Å². The highest BCUT2D eigenvalue weighted by atomic mass is 32.1. The molecule has 2 saturated carbocycles. The van der Waals surface area contributed by atoms with E-state index >= 15 is 0 Å². The first-order valence-corrected chi connectivity index (χ1v) is 9.84. The van der Waals surface area contributed by atoms with Crippen LogP contribution in [0.2, 0.25) is 0 Å². The predicted octanol–water partition coefficient (Wildman–Crippen LogP) is 2.86. The van der Waals surface area contributed by atoms with Crippen molar-refractivity contribution in [3.8, 4) is 0 Å². The van der Waals surface area contributed by atoms with Gasteiger partial charge in [0.2, 0.25) is 5.13 Å². The van der Waals surface area contributed by atoms with Crippen molar-refractivity contribution in [1.82, 2.24) is 19.3 Å². The van der Waals surface area contributed by atoms with E-state index in [1.165, 1.54) is 24.4 Å². The maximum atomic E-state index is 14.6. The van der Waals surface area contributed by atoms with Crippen LogP contribution < -0.4 is 9.80 Å². The quantitative estimate of drug-likeness (QED) is 0.836. The average Bonchev–Trinajstić information content (AvgIpc) is 3.56. The lowest BCUT2D eigenvalue weighted by Crippen LogP contribution is -2.47. The Morgan fingerprint density at radius 2 is 1.52 bits per heavy atom. The monoisotopic (exact) mass is 360 g/mol. The molecule has 3 aliphatic rings. The van der Waals surface area contributed by atoms with E-state index in [1.54, 1.807) is 6.92 Å². The number of aryl methyl sites for hydroxylation is 1. The van der Waals surface area contributed by atoms with Crippen LogP contribution in [-0.4, -0.2) is 45.5 Å². The highest BCUT2D eigenvalue weighted by Crippen LogP contribution is 2.40. The van der Waals surface area contributed by atoms with Crippen LogP contribution in [0.5, 0.6) is 0 Å². The molecule has 2 aliphatic carbocycles. The lowest BCUT2D eigenvalue weighted by molar-refractivity contribution is 0.569. The summed E-state index contributed by atoms with van der Waals surface area (Å²) >= 11 is 1.49. The number of hydrogen-bond donors (Lipinski definition) is 0. The van der Waals surface area contributed by atoms with Crippen molar-refractivity contribution in [2.45, 2.75) is 44.4 Å². The van der Waals surface area contributed by atoms with Gasteiger partial charge in [-0.1, -0.05) is 0 Å². The Morgan fingerprint density at radius 3 is 2.20 bits per heavy atom. The van der Waals surface area contributed by atoms with Crippen molar-refractivity contribution < 1.29 is 4.39 Å². The number of aromatic nitrogens is 4. The molecule has 0 atom stereocenters. The third kappa shape index (κ3) is 2.96. The van der Waals surface area contributed by atoms with Gasteiger partial charge in [-0.15, -0.1) is 0 Å². The van der Waals surface area contributed by atoms with Gasteiger partial charge in [-0.2, -0.15) is 4.37 Å². The smallest absolute Gasteiger partial charge is 0.205 e. The van der Waals surface area contributed by atoms with E-state index in [1.807, 2.05) is 0 Å². The number of piperazine rings is 1. The summed E-state index contributed by atoms with van der Waals surface area (Å²) in [6, 6.07) is 0. The second-order valence-electron chi connectivity index (χ2n) is 7.26. The Kier molecular flexibility index (Phi) is 3.62. The molecule has 0 N–H and O–H groups in total. The summed E-state index contributed by atoms with van der Waals surface area (Å²) in [5.74, 6) is 3.05. The molecule has 0 unspecified atom stereocenters. The minimum atomic E-state index is -0.273. The molecule has 0 amide bonds. The van der Waals surface area contributed by atoms with E-state index in [9.17, 15) is 4.39 Å². The number of nitrogens with zero attached hydrogens (tertiary/aromatic N) is 6. The molecule has 25 heavy (non-hydrogen) atoms. The van der Waals surface area contributed by atoms with Crippen LogP contribution in [0.1, 0.15) is 54.9 Å². The molecule has 0 aromatic carbocycles. The first-order valence-electron chi connectivity index (χ1n) is 9.06. The van der Waals surface area contributed by atoms with Gasteiger partial charge in [0.25, 0.3) is 0 Å². The van der Waals surface area contributed by atoms with E-state index in [0.29, 0.717) is 23.3 Å². The van der Waals surface area contributed by atoms with Gasteiger partial charge in [-0.05, 0) is 32.6 Å². The summed E-state index contributed by atoms with van der Waals surface area (Å²) in [4.78, 5) is 17.9. The minimum Gasteiger partial charge on any atom is -0.351 e. The maximum Gasteiger partial charge on any atom is 0.205 e. The molecule has 3 fully saturated rings. The molecule has 1 aliphatic heterocycles. The summed E-state index contributed by atoms with van der Waals surface area (Å²) < 4.78 is 19.1. The molecule has 2 aromatic heterocycles. The highest BCUT2D eigenvalue weighted by molar-refractivity contribution is 7.09. The summed E-state index contributed by atoms with van der Waals surface area (Å²) in [6.45, 7) is 4.87. The lowest BCUT2D eigenvalue weighted by Gasteiger charge is -2.35. The van der Waals surface area contributed by atoms with Crippen molar-refractivity contribution in [1.29, 1.82) is 0 Å². The van der Waals surface area contributed by atoms with Crippen LogP contribution in [0.25, 0.3) is 0 Å². The highest BCUT2D eigenvalue weighted by Gasteiger charge is 2.31. The van der Waals surface area contributed by atoms with Gasteiger partial charge in [-0.25, -0.2) is 19.3 Å². The molecule has 0 spiro atoms. The Bertz CT molecular complexity index is 792. The Hall–Kier alpha value is -1.83. The second kappa shape index (κ2) is 5.86. The average molecular weight is 360 g/mol. The van der Waals surface area contributed by atoms with Gasteiger partial charge in [0.15, 0.2) is 11.6 Å². The molecule has 0 bridgehead atoms. The summed E-state index contributed by atoms with van der Waals surface area (Å²) in [5, 5.41) is 1.000. The minimum absolute atomic E-state index is 0.273. The van der Waals surface area contributed by atoms with Crippen molar-refractivity contribution in [2.75, 3.05) is 36.0 Å².